The number of carboxylic acids is 1. The SMILES string of the molecule is COc1ccc(Cl)cc1Nc1ccc(C(=O)O)nc1. The molecular formula is C13H11ClN2O3. The van der Waals surface area contributed by atoms with Crippen LogP contribution in [0.5, 0.6) is 5.75 Å². The second-order valence-electron chi connectivity index (χ2n) is 3.71. The van der Waals surface area contributed by atoms with Crippen molar-refractivity contribution in [2.24, 2.45) is 0 Å². The Balaban J connectivity index is 2.25. The molecule has 0 atom stereocenters. The van der Waals surface area contributed by atoms with Crippen LogP contribution in [0.15, 0.2) is 36.5 Å². The van der Waals surface area contributed by atoms with E-state index in [1.54, 1.807) is 31.4 Å². The highest BCUT2D eigenvalue weighted by molar-refractivity contribution is 6.31. The number of pyridine rings is 1. The number of benzene rings is 1. The number of halogens is 1. The molecule has 19 heavy (non-hydrogen) atoms. The van der Waals surface area contributed by atoms with Crippen LogP contribution in [0.3, 0.4) is 0 Å². The Morgan fingerprint density at radius 1 is 1.37 bits per heavy atom. The average molecular weight is 279 g/mol. The summed E-state index contributed by atoms with van der Waals surface area (Å²) >= 11 is 5.92. The van der Waals surface area contributed by atoms with Crippen molar-refractivity contribution in [1.29, 1.82) is 0 Å². The first kappa shape index (κ1) is 13.2. The van der Waals surface area contributed by atoms with Crippen molar-refractivity contribution in [3.05, 3.63) is 47.2 Å². The smallest absolute Gasteiger partial charge is 0.354 e. The number of nitrogens with zero attached hydrogens (tertiary/aromatic N) is 1. The zero-order valence-electron chi connectivity index (χ0n) is 10.1. The van der Waals surface area contributed by atoms with Crippen LogP contribution in [-0.2, 0) is 0 Å². The Kier molecular flexibility index (Phi) is 3.87. The molecule has 0 amide bonds. The summed E-state index contributed by atoms with van der Waals surface area (Å²) in [5.41, 5.74) is 1.31. The van der Waals surface area contributed by atoms with E-state index in [0.29, 0.717) is 22.1 Å². The van der Waals surface area contributed by atoms with E-state index in [0.717, 1.165) is 0 Å². The van der Waals surface area contributed by atoms with Gasteiger partial charge in [-0.2, -0.15) is 0 Å². The summed E-state index contributed by atoms with van der Waals surface area (Å²) in [5, 5.41) is 12.4. The first-order valence-electron chi connectivity index (χ1n) is 5.40. The van der Waals surface area contributed by atoms with Gasteiger partial charge in [0.05, 0.1) is 24.7 Å². The molecule has 0 aliphatic heterocycles. The summed E-state index contributed by atoms with van der Waals surface area (Å²) in [6, 6.07) is 8.21. The van der Waals surface area contributed by atoms with Crippen molar-refractivity contribution in [1.82, 2.24) is 4.98 Å². The van der Waals surface area contributed by atoms with Crippen LogP contribution in [0, 0.1) is 0 Å². The molecule has 2 N–H and O–H groups in total. The van der Waals surface area contributed by atoms with Crippen molar-refractivity contribution < 1.29 is 14.6 Å². The predicted molar refractivity (Wildman–Crippen MR) is 72.5 cm³/mol. The third-order valence-electron chi connectivity index (χ3n) is 2.42. The Morgan fingerprint density at radius 2 is 2.16 bits per heavy atom. The highest BCUT2D eigenvalue weighted by Crippen LogP contribution is 2.30. The number of rotatable bonds is 4. The number of methoxy groups -OCH3 is 1. The lowest BCUT2D eigenvalue weighted by atomic mass is 10.2. The number of ether oxygens (including phenoxy) is 1. The highest BCUT2D eigenvalue weighted by Gasteiger charge is 2.06. The molecule has 98 valence electrons. The Labute approximate surface area is 114 Å². The molecule has 0 unspecified atom stereocenters. The van der Waals surface area contributed by atoms with Gasteiger partial charge in [-0.3, -0.25) is 0 Å². The molecule has 0 aliphatic carbocycles. The fraction of sp³-hybridized carbons (Fsp3) is 0.0769. The summed E-state index contributed by atoms with van der Waals surface area (Å²) in [7, 11) is 1.56. The topological polar surface area (TPSA) is 71.5 Å². The number of nitrogens with one attached hydrogen (secondary N) is 1. The molecule has 0 fully saturated rings. The van der Waals surface area contributed by atoms with Gasteiger partial charge in [-0.25, -0.2) is 9.78 Å². The molecule has 0 aliphatic rings. The molecule has 0 saturated heterocycles. The largest absolute Gasteiger partial charge is 0.495 e. The predicted octanol–water partition coefficient (Wildman–Crippen LogP) is 3.19. The first-order valence-corrected chi connectivity index (χ1v) is 5.78. The van der Waals surface area contributed by atoms with Crippen molar-refractivity contribution in [3.8, 4) is 5.75 Å². The summed E-state index contributed by atoms with van der Waals surface area (Å²) in [6.45, 7) is 0. The molecule has 0 spiro atoms. The lowest BCUT2D eigenvalue weighted by Crippen LogP contribution is -2.01. The number of aromatic nitrogens is 1. The molecule has 2 rings (SSSR count). The van der Waals surface area contributed by atoms with Gasteiger partial charge in [0.25, 0.3) is 0 Å². The molecule has 0 radical (unpaired) electrons. The van der Waals surface area contributed by atoms with E-state index in [4.69, 9.17) is 21.4 Å². The molecular weight excluding hydrogens is 268 g/mol. The van der Waals surface area contributed by atoms with Crippen molar-refractivity contribution in [2.45, 2.75) is 0 Å². The van der Waals surface area contributed by atoms with E-state index in [1.807, 2.05) is 0 Å². The van der Waals surface area contributed by atoms with Crippen LogP contribution < -0.4 is 10.1 Å². The van der Waals surface area contributed by atoms with Gasteiger partial charge in [0.2, 0.25) is 0 Å². The second kappa shape index (κ2) is 5.58. The number of anilines is 2. The maximum atomic E-state index is 10.7. The number of hydrogen-bond acceptors (Lipinski definition) is 4. The third-order valence-corrected chi connectivity index (χ3v) is 2.66. The van der Waals surface area contributed by atoms with Crippen molar-refractivity contribution >= 4 is 28.9 Å². The molecule has 0 bridgehead atoms. The minimum absolute atomic E-state index is 0.0105. The van der Waals surface area contributed by atoms with Crippen molar-refractivity contribution in [2.75, 3.05) is 12.4 Å². The molecule has 0 saturated carbocycles. The molecule has 2 aromatic rings. The van der Waals surface area contributed by atoms with E-state index in [1.165, 1.54) is 12.3 Å². The Morgan fingerprint density at radius 3 is 2.74 bits per heavy atom. The maximum absolute atomic E-state index is 10.7. The summed E-state index contributed by atoms with van der Waals surface area (Å²) in [4.78, 5) is 14.5. The minimum Gasteiger partial charge on any atom is -0.495 e. The Bertz CT molecular complexity index is 599. The third kappa shape index (κ3) is 3.14. The lowest BCUT2D eigenvalue weighted by Gasteiger charge is -2.11. The Hall–Kier alpha value is -2.27. The van der Waals surface area contributed by atoms with E-state index < -0.39 is 5.97 Å². The molecule has 6 heteroatoms. The van der Waals surface area contributed by atoms with Gasteiger partial charge in [-0.15, -0.1) is 0 Å². The minimum atomic E-state index is -1.06. The summed E-state index contributed by atoms with van der Waals surface area (Å²) < 4.78 is 5.20. The van der Waals surface area contributed by atoms with Gasteiger partial charge in [0.15, 0.2) is 0 Å². The number of hydrogen-bond donors (Lipinski definition) is 2. The van der Waals surface area contributed by atoms with Crippen LogP contribution >= 0.6 is 11.6 Å². The summed E-state index contributed by atoms with van der Waals surface area (Å²) in [5.74, 6) is -0.432. The average Bonchev–Trinajstić information content (AvgIpc) is 2.39. The maximum Gasteiger partial charge on any atom is 0.354 e. The monoisotopic (exact) mass is 278 g/mol. The zero-order valence-corrected chi connectivity index (χ0v) is 10.8. The lowest BCUT2D eigenvalue weighted by molar-refractivity contribution is 0.0690. The van der Waals surface area contributed by atoms with Gasteiger partial charge in [0.1, 0.15) is 11.4 Å². The first-order chi connectivity index (χ1) is 9.10. The summed E-state index contributed by atoms with van der Waals surface area (Å²) in [6.07, 6.45) is 1.43. The fourth-order valence-corrected chi connectivity index (χ4v) is 1.70. The van der Waals surface area contributed by atoms with Gasteiger partial charge in [-0.1, -0.05) is 11.6 Å². The quantitative estimate of drug-likeness (QED) is 0.899. The second-order valence-corrected chi connectivity index (χ2v) is 4.14. The van der Waals surface area contributed by atoms with Crippen LogP contribution in [0.4, 0.5) is 11.4 Å². The standard InChI is InChI=1S/C13H11ClN2O3/c1-19-12-5-2-8(14)6-11(12)16-9-3-4-10(13(17)18)15-7-9/h2-7,16H,1H3,(H,17,18). The molecule has 1 aromatic heterocycles. The highest BCUT2D eigenvalue weighted by atomic mass is 35.5. The van der Waals surface area contributed by atoms with Gasteiger partial charge < -0.3 is 15.2 Å². The van der Waals surface area contributed by atoms with E-state index >= 15 is 0 Å². The van der Waals surface area contributed by atoms with Gasteiger partial charge in [-0.05, 0) is 30.3 Å². The zero-order chi connectivity index (χ0) is 13.8. The van der Waals surface area contributed by atoms with E-state index in [-0.39, 0.29) is 5.69 Å². The van der Waals surface area contributed by atoms with Crippen molar-refractivity contribution in [3.63, 3.8) is 0 Å². The van der Waals surface area contributed by atoms with Crippen LogP contribution in [0.1, 0.15) is 10.5 Å². The van der Waals surface area contributed by atoms with Crippen LogP contribution in [0.25, 0.3) is 0 Å². The number of carboxylic acid groups (broad SMARTS) is 1. The van der Waals surface area contributed by atoms with E-state index in [2.05, 4.69) is 10.3 Å². The van der Waals surface area contributed by atoms with Gasteiger partial charge in [0, 0.05) is 5.02 Å². The normalized spacial score (nSPS) is 10.0. The molecule has 1 heterocycles. The fourth-order valence-electron chi connectivity index (χ4n) is 1.53. The van der Waals surface area contributed by atoms with Crippen LogP contribution in [-0.4, -0.2) is 23.2 Å². The molecule has 1 aromatic carbocycles. The number of carbonyl (C=O) groups is 1. The number of aromatic carboxylic acids is 1. The van der Waals surface area contributed by atoms with Crippen LogP contribution in [0.2, 0.25) is 5.02 Å². The van der Waals surface area contributed by atoms with E-state index in [9.17, 15) is 4.79 Å². The van der Waals surface area contributed by atoms with Gasteiger partial charge >= 0.3 is 5.97 Å². The molecule has 5 nitrogen and oxygen atoms in total.